The monoisotopic (exact) mass is 368 g/mol. The van der Waals surface area contributed by atoms with Crippen LogP contribution in [-0.4, -0.2) is 32.3 Å². The van der Waals surface area contributed by atoms with Crippen LogP contribution in [0.3, 0.4) is 0 Å². The number of aromatic nitrogens is 3. The van der Waals surface area contributed by atoms with Crippen molar-refractivity contribution in [2.45, 2.75) is 46.8 Å². The molecule has 27 heavy (non-hydrogen) atoms. The number of benzene rings is 1. The van der Waals surface area contributed by atoms with Crippen LogP contribution < -0.4 is 4.74 Å². The fourth-order valence-electron chi connectivity index (χ4n) is 2.96. The number of hydrogen-bond acceptors (Lipinski definition) is 5. The van der Waals surface area contributed by atoms with Crippen molar-refractivity contribution in [2.24, 2.45) is 7.05 Å². The maximum Gasteiger partial charge on any atom is 0.226 e. The van der Waals surface area contributed by atoms with Gasteiger partial charge in [0.05, 0.1) is 18.5 Å². The zero-order chi connectivity index (χ0) is 19.4. The summed E-state index contributed by atoms with van der Waals surface area (Å²) >= 11 is 0. The molecule has 0 aliphatic heterocycles. The SMILES string of the molecule is CCOc1ccc(-c2nc(CN(Cc3cnn(C)c3)C(C)C)c(C)o2)cc1. The minimum absolute atomic E-state index is 0.384. The lowest BCUT2D eigenvalue weighted by atomic mass is 10.2. The lowest BCUT2D eigenvalue weighted by Crippen LogP contribution is -2.30. The molecule has 6 heteroatoms. The molecule has 0 saturated heterocycles. The molecule has 2 heterocycles. The summed E-state index contributed by atoms with van der Waals surface area (Å²) in [4.78, 5) is 7.12. The van der Waals surface area contributed by atoms with Crippen LogP contribution in [0.15, 0.2) is 41.1 Å². The molecule has 3 rings (SSSR count). The van der Waals surface area contributed by atoms with Crippen molar-refractivity contribution in [3.8, 4) is 17.2 Å². The van der Waals surface area contributed by atoms with E-state index < -0.39 is 0 Å². The Bertz CT molecular complexity index is 865. The van der Waals surface area contributed by atoms with Crippen molar-refractivity contribution in [1.29, 1.82) is 0 Å². The molecule has 0 amide bonds. The molecule has 0 radical (unpaired) electrons. The number of ether oxygens (including phenoxy) is 1. The minimum atomic E-state index is 0.384. The second-order valence-corrected chi connectivity index (χ2v) is 7.00. The Hall–Kier alpha value is -2.60. The van der Waals surface area contributed by atoms with Crippen LogP contribution in [0.5, 0.6) is 5.75 Å². The Kier molecular flexibility index (Phi) is 5.96. The van der Waals surface area contributed by atoms with Crippen LogP contribution in [0.4, 0.5) is 0 Å². The second kappa shape index (κ2) is 8.39. The molecule has 0 atom stereocenters. The van der Waals surface area contributed by atoms with Crippen LogP contribution in [0.2, 0.25) is 0 Å². The van der Waals surface area contributed by atoms with E-state index in [0.717, 1.165) is 35.9 Å². The first-order chi connectivity index (χ1) is 13.0. The third kappa shape index (κ3) is 4.77. The molecule has 2 aromatic heterocycles. The van der Waals surface area contributed by atoms with Crippen molar-refractivity contribution in [3.05, 3.63) is 53.7 Å². The third-order valence-electron chi connectivity index (χ3n) is 4.53. The fraction of sp³-hybridized carbons (Fsp3) is 0.429. The first-order valence-corrected chi connectivity index (χ1v) is 9.37. The number of rotatable bonds is 8. The standard InChI is InChI=1S/C21H28N4O2/c1-6-26-19-9-7-18(8-10-19)21-23-20(16(4)27-21)14-25(15(2)3)13-17-11-22-24(5)12-17/h7-12,15H,6,13-14H2,1-5H3. The molecule has 1 aromatic carbocycles. The Morgan fingerprint density at radius 3 is 2.52 bits per heavy atom. The van der Waals surface area contributed by atoms with E-state index in [1.165, 1.54) is 5.56 Å². The molecule has 0 N–H and O–H groups in total. The maximum absolute atomic E-state index is 5.94. The molecule has 0 bridgehead atoms. The molecule has 0 fully saturated rings. The van der Waals surface area contributed by atoms with Gasteiger partial charge in [-0.1, -0.05) is 0 Å². The Labute approximate surface area is 160 Å². The van der Waals surface area contributed by atoms with Crippen molar-refractivity contribution < 1.29 is 9.15 Å². The highest BCUT2D eigenvalue weighted by Crippen LogP contribution is 2.25. The highest BCUT2D eigenvalue weighted by Gasteiger charge is 2.18. The van der Waals surface area contributed by atoms with Crippen LogP contribution in [0.1, 0.15) is 37.8 Å². The van der Waals surface area contributed by atoms with Gasteiger partial charge >= 0.3 is 0 Å². The quantitative estimate of drug-likeness (QED) is 0.597. The Morgan fingerprint density at radius 2 is 1.93 bits per heavy atom. The molecular weight excluding hydrogens is 340 g/mol. The van der Waals surface area contributed by atoms with Crippen LogP contribution in [-0.2, 0) is 20.1 Å². The van der Waals surface area contributed by atoms with Gasteiger partial charge in [0.25, 0.3) is 0 Å². The maximum atomic E-state index is 5.94. The van der Waals surface area contributed by atoms with Crippen LogP contribution >= 0.6 is 0 Å². The molecule has 3 aromatic rings. The van der Waals surface area contributed by atoms with Crippen LogP contribution in [0, 0.1) is 6.92 Å². The van der Waals surface area contributed by atoms with Crippen molar-refractivity contribution in [2.75, 3.05) is 6.61 Å². The summed E-state index contributed by atoms with van der Waals surface area (Å²) in [5.41, 5.74) is 3.12. The lowest BCUT2D eigenvalue weighted by Gasteiger charge is -2.25. The molecule has 0 unspecified atom stereocenters. The predicted molar refractivity (Wildman–Crippen MR) is 105 cm³/mol. The average Bonchev–Trinajstić information content (AvgIpc) is 3.21. The topological polar surface area (TPSA) is 56.3 Å². The van der Waals surface area contributed by atoms with Gasteiger partial charge in [-0.2, -0.15) is 5.10 Å². The van der Waals surface area contributed by atoms with Crippen LogP contribution in [0.25, 0.3) is 11.5 Å². The predicted octanol–water partition coefficient (Wildman–Crippen LogP) is 4.19. The summed E-state index contributed by atoms with van der Waals surface area (Å²) < 4.78 is 13.3. The normalized spacial score (nSPS) is 11.5. The van der Waals surface area contributed by atoms with E-state index in [0.29, 0.717) is 18.5 Å². The molecule has 144 valence electrons. The van der Waals surface area contributed by atoms with E-state index in [4.69, 9.17) is 14.1 Å². The summed E-state index contributed by atoms with van der Waals surface area (Å²) in [6.07, 6.45) is 3.97. The Morgan fingerprint density at radius 1 is 1.19 bits per heavy atom. The van der Waals surface area contributed by atoms with E-state index in [9.17, 15) is 0 Å². The third-order valence-corrected chi connectivity index (χ3v) is 4.53. The summed E-state index contributed by atoms with van der Waals surface area (Å²) in [5.74, 6) is 2.36. The van der Waals surface area contributed by atoms with Gasteiger partial charge in [-0.3, -0.25) is 9.58 Å². The van der Waals surface area contributed by atoms with E-state index in [1.807, 2.05) is 56.0 Å². The number of hydrogen-bond donors (Lipinski definition) is 0. The van der Waals surface area contributed by atoms with Gasteiger partial charge in [0.15, 0.2) is 0 Å². The molecule has 0 aliphatic rings. The smallest absolute Gasteiger partial charge is 0.226 e. The molecule has 0 saturated carbocycles. The van der Waals surface area contributed by atoms with Gasteiger partial charge in [0.1, 0.15) is 11.5 Å². The zero-order valence-electron chi connectivity index (χ0n) is 16.8. The summed E-state index contributed by atoms with van der Waals surface area (Å²) in [6, 6.07) is 8.24. The lowest BCUT2D eigenvalue weighted by molar-refractivity contribution is 0.200. The minimum Gasteiger partial charge on any atom is -0.494 e. The van der Waals surface area contributed by atoms with E-state index in [-0.39, 0.29) is 0 Å². The van der Waals surface area contributed by atoms with Gasteiger partial charge in [-0.05, 0) is 52.0 Å². The van der Waals surface area contributed by atoms with Gasteiger partial charge in [0, 0.05) is 43.5 Å². The second-order valence-electron chi connectivity index (χ2n) is 7.00. The number of nitrogens with zero attached hydrogens (tertiary/aromatic N) is 4. The van der Waals surface area contributed by atoms with Gasteiger partial charge < -0.3 is 9.15 Å². The van der Waals surface area contributed by atoms with Gasteiger partial charge in [-0.25, -0.2) is 4.98 Å². The van der Waals surface area contributed by atoms with Crippen molar-refractivity contribution >= 4 is 0 Å². The number of oxazole rings is 1. The van der Waals surface area contributed by atoms with Gasteiger partial charge in [0.2, 0.25) is 5.89 Å². The van der Waals surface area contributed by atoms with Crippen molar-refractivity contribution in [3.63, 3.8) is 0 Å². The fourth-order valence-corrected chi connectivity index (χ4v) is 2.96. The first kappa shape index (κ1) is 19.2. The molecule has 0 spiro atoms. The van der Waals surface area contributed by atoms with Gasteiger partial charge in [-0.15, -0.1) is 0 Å². The highest BCUT2D eigenvalue weighted by molar-refractivity contribution is 5.55. The van der Waals surface area contributed by atoms with E-state index >= 15 is 0 Å². The average molecular weight is 368 g/mol. The summed E-state index contributed by atoms with van der Waals surface area (Å²) in [5, 5.41) is 4.26. The largest absolute Gasteiger partial charge is 0.494 e. The van der Waals surface area contributed by atoms with Crippen molar-refractivity contribution in [1.82, 2.24) is 19.7 Å². The van der Waals surface area contributed by atoms with E-state index in [1.54, 1.807) is 0 Å². The summed E-state index contributed by atoms with van der Waals surface area (Å²) in [6.45, 7) is 10.6. The zero-order valence-corrected chi connectivity index (χ0v) is 16.8. The summed E-state index contributed by atoms with van der Waals surface area (Å²) in [7, 11) is 1.94. The Balaban J connectivity index is 1.76. The molecule has 0 aliphatic carbocycles. The van der Waals surface area contributed by atoms with E-state index in [2.05, 4.69) is 30.0 Å². The first-order valence-electron chi connectivity index (χ1n) is 9.37. The molecular formula is C21H28N4O2. The highest BCUT2D eigenvalue weighted by atomic mass is 16.5. The number of aryl methyl sites for hydroxylation is 2. The molecule has 6 nitrogen and oxygen atoms in total.